The number of nitrogens with one attached hydrogen (secondary N) is 2. The van der Waals surface area contributed by atoms with Crippen molar-refractivity contribution in [3.8, 4) is 0 Å². The summed E-state index contributed by atoms with van der Waals surface area (Å²) in [5, 5.41) is 1.40. The van der Waals surface area contributed by atoms with E-state index in [1.165, 1.54) is 68.2 Å². The van der Waals surface area contributed by atoms with Gasteiger partial charge in [-0.25, -0.2) is 0 Å². The molecule has 2 rings (SSSR count). The highest BCUT2D eigenvalue weighted by Crippen LogP contribution is 2.17. The molecule has 2 aromatic rings. The molecule has 1 aromatic heterocycles. The number of quaternary nitrogens is 1. The summed E-state index contributed by atoms with van der Waals surface area (Å²) >= 11 is 0. The molecular formula is C18H29N2+. The van der Waals surface area contributed by atoms with E-state index in [0.717, 1.165) is 0 Å². The molecule has 0 amide bonds. The molecule has 2 N–H and O–H groups in total. The predicted molar refractivity (Wildman–Crippen MR) is 87.4 cm³/mol. The first-order valence-electron chi connectivity index (χ1n) is 8.23. The lowest BCUT2D eigenvalue weighted by atomic mass is 10.1. The number of benzene rings is 1. The summed E-state index contributed by atoms with van der Waals surface area (Å²) in [5.41, 5.74) is 2.75. The van der Waals surface area contributed by atoms with Gasteiger partial charge in [0.1, 0.15) is 0 Å². The molecule has 0 radical (unpaired) electrons. The van der Waals surface area contributed by atoms with Crippen LogP contribution in [0.3, 0.4) is 0 Å². The number of rotatable bonds is 9. The first kappa shape index (κ1) is 15.1. The quantitative estimate of drug-likeness (QED) is 0.700. The lowest BCUT2D eigenvalue weighted by molar-refractivity contribution is -0.900. The van der Waals surface area contributed by atoms with E-state index in [4.69, 9.17) is 0 Å². The van der Waals surface area contributed by atoms with Gasteiger partial charge in [0, 0.05) is 23.5 Å². The van der Waals surface area contributed by atoms with Crippen LogP contribution in [-0.4, -0.2) is 24.6 Å². The zero-order valence-corrected chi connectivity index (χ0v) is 13.0. The molecule has 20 heavy (non-hydrogen) atoms. The van der Waals surface area contributed by atoms with E-state index in [-0.39, 0.29) is 0 Å². The number of H-pyrrole nitrogens is 1. The van der Waals surface area contributed by atoms with Crippen molar-refractivity contribution in [2.75, 3.05) is 19.6 Å². The van der Waals surface area contributed by atoms with E-state index < -0.39 is 0 Å². The first-order chi connectivity index (χ1) is 9.85. The van der Waals surface area contributed by atoms with Gasteiger partial charge in [-0.05, 0) is 24.5 Å². The fourth-order valence-corrected chi connectivity index (χ4v) is 2.88. The van der Waals surface area contributed by atoms with Crippen LogP contribution >= 0.6 is 0 Å². The zero-order valence-electron chi connectivity index (χ0n) is 13.0. The third-order valence-electron chi connectivity index (χ3n) is 4.19. The number of fused-ring (bicyclic) bond motifs is 1. The normalized spacial score (nSPS) is 11.6. The highest BCUT2D eigenvalue weighted by Gasteiger charge is 2.10. The summed E-state index contributed by atoms with van der Waals surface area (Å²) < 4.78 is 0. The number of aromatic nitrogens is 1. The molecule has 0 atom stereocenters. The molecule has 1 aromatic carbocycles. The molecule has 0 saturated heterocycles. The van der Waals surface area contributed by atoms with Crippen molar-refractivity contribution < 1.29 is 4.90 Å². The standard InChI is InChI=1S/C18H28N2/c1-3-5-12-20(13-6-4-2)14-11-16-15-19-18-10-8-7-9-17(16)18/h7-10,15,19H,3-6,11-14H2,1-2H3/p+1. The van der Waals surface area contributed by atoms with Gasteiger partial charge in [-0.3, -0.25) is 0 Å². The van der Waals surface area contributed by atoms with Gasteiger partial charge in [-0.1, -0.05) is 44.9 Å². The zero-order chi connectivity index (χ0) is 14.2. The molecule has 2 nitrogen and oxygen atoms in total. The van der Waals surface area contributed by atoms with E-state index in [1.807, 2.05) is 0 Å². The molecule has 2 heteroatoms. The van der Waals surface area contributed by atoms with E-state index in [2.05, 4.69) is 49.3 Å². The maximum atomic E-state index is 3.39. The molecule has 110 valence electrons. The maximum absolute atomic E-state index is 3.39. The first-order valence-corrected chi connectivity index (χ1v) is 8.23. The Balaban J connectivity index is 1.93. The number of unbranched alkanes of at least 4 members (excludes halogenated alkanes) is 2. The van der Waals surface area contributed by atoms with Crippen molar-refractivity contribution in [2.45, 2.75) is 46.0 Å². The van der Waals surface area contributed by atoms with Gasteiger partial charge in [-0.2, -0.15) is 0 Å². The lowest BCUT2D eigenvalue weighted by Gasteiger charge is -2.19. The van der Waals surface area contributed by atoms with Crippen LogP contribution in [0.25, 0.3) is 10.9 Å². The Labute approximate surface area is 123 Å². The Morgan fingerprint density at radius 2 is 1.65 bits per heavy atom. The number of para-hydroxylation sites is 1. The third kappa shape index (κ3) is 4.11. The molecule has 0 unspecified atom stereocenters. The summed E-state index contributed by atoms with van der Waals surface area (Å²) in [6.45, 7) is 8.51. The Bertz CT molecular complexity index is 493. The number of aromatic amines is 1. The van der Waals surface area contributed by atoms with Crippen LogP contribution in [0.2, 0.25) is 0 Å². The monoisotopic (exact) mass is 273 g/mol. The fraction of sp³-hybridized carbons (Fsp3) is 0.556. The highest BCUT2D eigenvalue weighted by molar-refractivity contribution is 5.82. The highest BCUT2D eigenvalue weighted by atomic mass is 15.1. The van der Waals surface area contributed by atoms with E-state index >= 15 is 0 Å². The molecule has 0 aliphatic carbocycles. The van der Waals surface area contributed by atoms with Crippen molar-refractivity contribution in [3.63, 3.8) is 0 Å². The second-order valence-corrected chi connectivity index (χ2v) is 5.82. The minimum absolute atomic E-state index is 1.19. The average Bonchev–Trinajstić information content (AvgIpc) is 2.90. The second kappa shape index (κ2) is 8.11. The summed E-state index contributed by atoms with van der Waals surface area (Å²) in [6, 6.07) is 8.64. The molecule has 0 aliphatic rings. The van der Waals surface area contributed by atoms with Crippen LogP contribution in [0.4, 0.5) is 0 Å². The fourth-order valence-electron chi connectivity index (χ4n) is 2.88. The van der Waals surface area contributed by atoms with Gasteiger partial charge >= 0.3 is 0 Å². The van der Waals surface area contributed by atoms with E-state index in [1.54, 1.807) is 4.90 Å². The second-order valence-electron chi connectivity index (χ2n) is 5.82. The minimum atomic E-state index is 1.19. The largest absolute Gasteiger partial charge is 0.361 e. The van der Waals surface area contributed by atoms with Crippen LogP contribution in [0.1, 0.15) is 45.1 Å². The summed E-state index contributed by atoms with van der Waals surface area (Å²) in [6.07, 6.45) is 8.71. The van der Waals surface area contributed by atoms with Crippen LogP contribution in [0, 0.1) is 0 Å². The van der Waals surface area contributed by atoms with Crippen LogP contribution in [0.15, 0.2) is 30.5 Å². The number of hydrogen-bond donors (Lipinski definition) is 2. The van der Waals surface area contributed by atoms with Crippen molar-refractivity contribution in [1.29, 1.82) is 0 Å². The maximum Gasteiger partial charge on any atom is 0.0812 e. The van der Waals surface area contributed by atoms with Crippen LogP contribution < -0.4 is 4.90 Å². The van der Waals surface area contributed by atoms with Crippen LogP contribution in [0.5, 0.6) is 0 Å². The summed E-state index contributed by atoms with van der Waals surface area (Å²) in [7, 11) is 0. The Morgan fingerprint density at radius 1 is 0.950 bits per heavy atom. The Morgan fingerprint density at radius 3 is 2.35 bits per heavy atom. The van der Waals surface area contributed by atoms with Gasteiger partial charge in [0.25, 0.3) is 0 Å². The molecule has 1 heterocycles. The van der Waals surface area contributed by atoms with Crippen molar-refractivity contribution in [1.82, 2.24) is 4.98 Å². The molecule has 0 fully saturated rings. The van der Waals surface area contributed by atoms with Gasteiger partial charge in [0.2, 0.25) is 0 Å². The molecule has 0 aliphatic heterocycles. The topological polar surface area (TPSA) is 20.2 Å². The lowest BCUT2D eigenvalue weighted by Crippen LogP contribution is -3.12. The van der Waals surface area contributed by atoms with Crippen LogP contribution in [-0.2, 0) is 6.42 Å². The van der Waals surface area contributed by atoms with Gasteiger partial charge in [-0.15, -0.1) is 0 Å². The van der Waals surface area contributed by atoms with E-state index in [9.17, 15) is 0 Å². The predicted octanol–water partition coefficient (Wildman–Crippen LogP) is 3.20. The molecular weight excluding hydrogens is 244 g/mol. The minimum Gasteiger partial charge on any atom is -0.361 e. The summed E-state index contributed by atoms with van der Waals surface area (Å²) in [4.78, 5) is 5.17. The van der Waals surface area contributed by atoms with Crippen molar-refractivity contribution in [2.24, 2.45) is 0 Å². The molecule has 0 saturated carbocycles. The molecule has 0 bridgehead atoms. The van der Waals surface area contributed by atoms with Crippen molar-refractivity contribution in [3.05, 3.63) is 36.0 Å². The van der Waals surface area contributed by atoms with Crippen molar-refractivity contribution >= 4 is 10.9 Å². The van der Waals surface area contributed by atoms with Gasteiger partial charge in [0.15, 0.2) is 0 Å². The smallest absolute Gasteiger partial charge is 0.0812 e. The average molecular weight is 273 g/mol. The van der Waals surface area contributed by atoms with Gasteiger partial charge < -0.3 is 9.88 Å². The third-order valence-corrected chi connectivity index (χ3v) is 4.19. The molecule has 0 spiro atoms. The Hall–Kier alpha value is -1.28. The SMILES string of the molecule is CCCC[NH+](CCCC)CCc1c[nH]c2ccccc12. The Kier molecular flexibility index (Phi) is 6.13. The van der Waals surface area contributed by atoms with Gasteiger partial charge in [0.05, 0.1) is 19.6 Å². The number of hydrogen-bond acceptors (Lipinski definition) is 0. The summed E-state index contributed by atoms with van der Waals surface area (Å²) in [5.74, 6) is 0. The van der Waals surface area contributed by atoms with E-state index in [0.29, 0.717) is 0 Å².